The van der Waals surface area contributed by atoms with Gasteiger partial charge >= 0.3 is 146 Å². The summed E-state index contributed by atoms with van der Waals surface area (Å²) >= 11 is 0.329. The number of hydrogen-bond acceptors (Lipinski definition) is 4. The van der Waals surface area contributed by atoms with Crippen molar-refractivity contribution in [2.75, 3.05) is 41.6 Å². The van der Waals surface area contributed by atoms with Gasteiger partial charge in [-0.25, -0.2) is 0 Å². The van der Waals surface area contributed by atoms with Crippen LogP contribution in [0, 0.1) is 5.92 Å². The van der Waals surface area contributed by atoms with Crippen LogP contribution >= 0.6 is 0 Å². The number of halogens is 1. The molecule has 1 aliphatic heterocycles. The normalized spacial score (nSPS) is 22.0. The molecule has 0 radical (unpaired) electrons. The molecule has 0 bridgehead atoms. The molecule has 0 unspecified atom stereocenters. The van der Waals surface area contributed by atoms with Crippen molar-refractivity contribution in [2.45, 2.75) is 45.8 Å². The summed E-state index contributed by atoms with van der Waals surface area (Å²) in [4.78, 5) is 6.77. The van der Waals surface area contributed by atoms with Crippen molar-refractivity contribution in [3.05, 3.63) is 0 Å². The van der Waals surface area contributed by atoms with Gasteiger partial charge in [0.2, 0.25) is 0 Å². The van der Waals surface area contributed by atoms with Gasteiger partial charge in [-0.2, -0.15) is 0 Å². The van der Waals surface area contributed by atoms with Crippen LogP contribution in [0.1, 0.15) is 39.5 Å². The monoisotopic (exact) mass is 426 g/mol. The third-order valence-corrected chi connectivity index (χ3v) is 6.28. The first kappa shape index (κ1) is 20.1. The summed E-state index contributed by atoms with van der Waals surface area (Å²) in [6.45, 7) is 8.12. The summed E-state index contributed by atoms with van der Waals surface area (Å²) < 4.78 is 2.57. The Bertz CT molecular complexity index is 316. The molecule has 1 rings (SSSR count). The number of aliphatic imine (C=N–C) groups is 1. The Morgan fingerprint density at radius 2 is 2.27 bits per heavy atom. The van der Waals surface area contributed by atoms with Crippen molar-refractivity contribution in [1.29, 1.82) is 0 Å². The van der Waals surface area contributed by atoms with E-state index in [1.807, 2.05) is 0 Å². The molecule has 0 aromatic rings. The zero-order valence-corrected chi connectivity index (χ0v) is 16.3. The average Bonchev–Trinajstić information content (AvgIpc) is 2.56. The van der Waals surface area contributed by atoms with Gasteiger partial charge in [0.1, 0.15) is 0 Å². The Labute approximate surface area is 145 Å². The Kier molecular flexibility index (Phi) is 11.4. The second-order valence-electron chi connectivity index (χ2n) is 5.71. The molecular weight excluding hydrogens is 393 g/mol. The molecule has 6 heteroatoms. The number of piperidine rings is 1. The van der Waals surface area contributed by atoms with E-state index >= 15 is 0 Å². The average molecular weight is 426 g/mol. The van der Waals surface area contributed by atoms with Crippen molar-refractivity contribution in [3.63, 3.8) is 0 Å². The van der Waals surface area contributed by atoms with E-state index in [9.17, 15) is 10.2 Å². The fourth-order valence-corrected chi connectivity index (χ4v) is 4.11. The van der Waals surface area contributed by atoms with Crippen molar-refractivity contribution >= 4 is 5.84 Å². The van der Waals surface area contributed by atoms with Gasteiger partial charge in [-0.3, -0.25) is 0 Å². The predicted molar refractivity (Wildman–Crippen MR) is 88.0 cm³/mol. The van der Waals surface area contributed by atoms with E-state index < -0.39 is 6.23 Å². The van der Waals surface area contributed by atoms with Gasteiger partial charge < -0.3 is 0 Å². The van der Waals surface area contributed by atoms with Crippen LogP contribution in [0.25, 0.3) is 0 Å². The van der Waals surface area contributed by atoms with Crippen molar-refractivity contribution in [3.8, 4) is 0 Å². The number of nitrogens with zero attached hydrogens (tertiary/aromatic N) is 2. The summed E-state index contributed by atoms with van der Waals surface area (Å²) in [5, 5.41) is 23.0. The van der Waals surface area contributed by atoms with Crippen molar-refractivity contribution in [1.82, 2.24) is 10.2 Å². The van der Waals surface area contributed by atoms with Crippen LogP contribution < -0.4 is 26.5 Å². The number of nitrogens with one attached hydrogen (secondary N) is 1. The van der Waals surface area contributed by atoms with E-state index in [0.29, 0.717) is 33.5 Å². The van der Waals surface area contributed by atoms with Crippen molar-refractivity contribution < 1.29 is 31.4 Å². The maximum atomic E-state index is 10.4. The molecule has 0 aromatic carbocycles. The molecule has 2 atom stereocenters. The van der Waals surface area contributed by atoms with Crippen LogP contribution in [0.3, 0.4) is 0 Å². The van der Waals surface area contributed by atoms with E-state index in [1.165, 1.54) is 8.86 Å². The first-order valence-electron chi connectivity index (χ1n) is 8.54. The third-order valence-electron chi connectivity index (χ3n) is 3.96. The molecule has 3 N–H and O–H groups in total. The quantitative estimate of drug-likeness (QED) is 0.123. The first-order chi connectivity index (χ1) is 10.7. The molecule has 132 valence electrons. The molecule has 1 fully saturated rings. The molecule has 1 saturated heterocycles. The Balaban J connectivity index is 2.35. The number of rotatable bonds is 10. The Hall–Kier alpha value is 0.0800. The Morgan fingerprint density at radius 1 is 1.45 bits per heavy atom. The van der Waals surface area contributed by atoms with Crippen LogP contribution in [0.4, 0.5) is 0 Å². The number of hydrogen-bond donors (Lipinski definition) is 3. The van der Waals surface area contributed by atoms with E-state index in [-0.39, 0.29) is 6.61 Å². The predicted octanol–water partition coefficient (Wildman–Crippen LogP) is -2.09. The Morgan fingerprint density at radius 3 is 2.95 bits per heavy atom. The number of alkyl halides is 2. The minimum atomic E-state index is -0.415. The molecule has 1 aliphatic rings. The number of likely N-dealkylation sites (tertiary alicyclic amines) is 1. The summed E-state index contributed by atoms with van der Waals surface area (Å²) in [5.74, 6) is 1.36. The van der Waals surface area contributed by atoms with Gasteiger partial charge in [0.25, 0.3) is 0 Å². The fraction of sp³-hybridized carbons (Fsp3) is 0.938. The number of aliphatic hydroxyl groups is 2. The molecule has 0 saturated carbocycles. The van der Waals surface area contributed by atoms with E-state index in [1.54, 1.807) is 0 Å². The second-order valence-corrected chi connectivity index (χ2v) is 9.39. The van der Waals surface area contributed by atoms with Gasteiger partial charge in [0.15, 0.2) is 0 Å². The van der Waals surface area contributed by atoms with Gasteiger partial charge in [-0.1, -0.05) is 0 Å². The molecule has 5 nitrogen and oxygen atoms in total. The maximum absolute atomic E-state index is 10.4. The summed E-state index contributed by atoms with van der Waals surface area (Å²) in [5.41, 5.74) is 0. The zero-order chi connectivity index (χ0) is 16.2. The van der Waals surface area contributed by atoms with Gasteiger partial charge in [-0.15, -0.1) is 0 Å². The topological polar surface area (TPSA) is 68.1 Å². The minimum absolute atomic E-state index is 0.230. The van der Waals surface area contributed by atoms with Gasteiger partial charge in [0, 0.05) is 0 Å². The van der Waals surface area contributed by atoms with Gasteiger partial charge in [0.05, 0.1) is 0 Å². The van der Waals surface area contributed by atoms with Crippen LogP contribution in [-0.2, 0) is 0 Å². The molecule has 0 aromatic heterocycles. The third kappa shape index (κ3) is 8.08. The first-order valence-corrected chi connectivity index (χ1v) is 11.6. The summed E-state index contributed by atoms with van der Waals surface area (Å²) in [6.07, 6.45) is 3.25. The van der Waals surface area contributed by atoms with E-state index in [4.69, 9.17) is 0 Å². The number of amidine groups is 1. The van der Waals surface area contributed by atoms with Crippen molar-refractivity contribution in [2.24, 2.45) is 10.9 Å². The van der Waals surface area contributed by atoms with E-state index in [2.05, 4.69) is 29.1 Å². The zero-order valence-electron chi connectivity index (χ0n) is 14.1. The van der Waals surface area contributed by atoms with Crippen LogP contribution in [0.5, 0.6) is 0 Å². The molecule has 0 amide bonds. The SMILES string of the molecule is CCNC(CC[C@H](O)N1CCC[C@@H](CO)C1)=NCC[I-]CC. The van der Waals surface area contributed by atoms with Crippen LogP contribution in [0.2, 0.25) is 0 Å². The molecule has 0 spiro atoms. The van der Waals surface area contributed by atoms with Gasteiger partial charge in [-0.05, 0) is 0 Å². The summed E-state index contributed by atoms with van der Waals surface area (Å²) in [7, 11) is 0. The number of aliphatic hydroxyl groups excluding tert-OH is 2. The molecule has 1 heterocycles. The fourth-order valence-electron chi connectivity index (χ4n) is 2.76. The van der Waals surface area contributed by atoms with E-state index in [0.717, 1.165) is 51.3 Å². The second kappa shape index (κ2) is 12.5. The molecule has 22 heavy (non-hydrogen) atoms. The van der Waals surface area contributed by atoms with Crippen LogP contribution in [0.15, 0.2) is 4.99 Å². The van der Waals surface area contributed by atoms with Crippen LogP contribution in [-0.4, -0.2) is 68.8 Å². The molecular formula is C16H33IN3O2-. The standard InChI is InChI=1S/C16H33IN3O2/c1-3-17-9-10-19-15(18-4-2)7-8-16(22)20-11-5-6-14(12-20)13-21/h14,16,21-22H,3-13H2,1-2H3,(H,18,19)/q-1/t14-,16+/m1/s1. The summed E-state index contributed by atoms with van der Waals surface area (Å²) in [6, 6.07) is 0. The molecule has 0 aliphatic carbocycles.